The van der Waals surface area contributed by atoms with E-state index in [2.05, 4.69) is 0 Å². The summed E-state index contributed by atoms with van der Waals surface area (Å²) in [5.41, 5.74) is 11.5. The Balaban J connectivity index is 3.00. The molecule has 8 heteroatoms. The van der Waals surface area contributed by atoms with Crippen LogP contribution in [-0.4, -0.2) is 45.1 Å². The Hall–Kier alpha value is -2.45. The lowest BCUT2D eigenvalue weighted by Crippen LogP contribution is -2.35. The van der Waals surface area contributed by atoms with Crippen molar-refractivity contribution < 1.29 is 29.7 Å². The predicted octanol–water partition coefficient (Wildman–Crippen LogP) is -0.279. The zero-order chi connectivity index (χ0) is 16.9. The molecule has 0 spiro atoms. The largest absolute Gasteiger partial charge is 0.508 e. The zero-order valence-corrected chi connectivity index (χ0v) is 11.7. The quantitative estimate of drug-likeness (QED) is 0.409. The van der Waals surface area contributed by atoms with Crippen LogP contribution in [0.2, 0.25) is 0 Å². The van der Waals surface area contributed by atoms with Crippen molar-refractivity contribution in [3.05, 3.63) is 29.3 Å². The van der Waals surface area contributed by atoms with Gasteiger partial charge in [0.25, 0.3) is 0 Å². The molecule has 0 heterocycles. The highest BCUT2D eigenvalue weighted by molar-refractivity contribution is 6.01. The SMILES string of the molecule is N[C@@H](Cc1ccc(O)cc1C(=O)[C@@H](N)CCC(=O)O)C(=O)O. The van der Waals surface area contributed by atoms with Gasteiger partial charge >= 0.3 is 11.9 Å². The molecule has 1 aromatic carbocycles. The van der Waals surface area contributed by atoms with Crippen molar-refractivity contribution in [3.8, 4) is 5.75 Å². The summed E-state index contributed by atoms with van der Waals surface area (Å²) in [7, 11) is 0. The van der Waals surface area contributed by atoms with Gasteiger partial charge in [-0.05, 0) is 30.5 Å². The van der Waals surface area contributed by atoms with Gasteiger partial charge < -0.3 is 26.8 Å². The Kier molecular flexibility index (Phi) is 6.02. The van der Waals surface area contributed by atoms with Crippen molar-refractivity contribution in [1.82, 2.24) is 0 Å². The molecule has 1 aromatic rings. The minimum absolute atomic E-state index is 0.0505. The molecule has 0 aromatic heterocycles. The van der Waals surface area contributed by atoms with E-state index in [9.17, 15) is 19.5 Å². The van der Waals surface area contributed by atoms with Crippen LogP contribution in [0.4, 0.5) is 0 Å². The predicted molar refractivity (Wildman–Crippen MR) is 76.6 cm³/mol. The summed E-state index contributed by atoms with van der Waals surface area (Å²) < 4.78 is 0. The normalized spacial score (nSPS) is 13.4. The Labute approximate surface area is 126 Å². The highest BCUT2D eigenvalue weighted by Crippen LogP contribution is 2.20. The lowest BCUT2D eigenvalue weighted by atomic mass is 9.93. The molecule has 0 aliphatic rings. The van der Waals surface area contributed by atoms with Crippen LogP contribution in [0.25, 0.3) is 0 Å². The van der Waals surface area contributed by atoms with E-state index < -0.39 is 29.8 Å². The number of Topliss-reactive ketones (excluding diaryl/α,β-unsaturated/α-hetero) is 1. The van der Waals surface area contributed by atoms with Gasteiger partial charge in [0.1, 0.15) is 11.8 Å². The standard InChI is InChI=1S/C14H18N2O6/c15-10(3-4-12(18)19)13(20)9-6-8(17)2-1-7(9)5-11(16)14(21)22/h1-2,6,10-11,17H,3-5,15-16H2,(H,18,19)(H,21,22)/t10-,11-/m0/s1. The Morgan fingerprint density at radius 2 is 1.73 bits per heavy atom. The average Bonchev–Trinajstić information content (AvgIpc) is 2.45. The van der Waals surface area contributed by atoms with Gasteiger partial charge in [0, 0.05) is 12.0 Å². The molecule has 0 bridgehead atoms. The lowest BCUT2D eigenvalue weighted by Gasteiger charge is -2.15. The summed E-state index contributed by atoms with van der Waals surface area (Å²) in [6.07, 6.45) is -0.438. The minimum atomic E-state index is -1.22. The number of hydrogen-bond acceptors (Lipinski definition) is 6. The number of phenols is 1. The number of carbonyl (C=O) groups is 3. The number of rotatable bonds is 8. The maximum absolute atomic E-state index is 12.3. The molecule has 0 aliphatic heterocycles. The van der Waals surface area contributed by atoms with E-state index in [1.54, 1.807) is 0 Å². The van der Waals surface area contributed by atoms with E-state index >= 15 is 0 Å². The minimum Gasteiger partial charge on any atom is -0.508 e. The fourth-order valence-corrected chi connectivity index (χ4v) is 1.91. The zero-order valence-electron chi connectivity index (χ0n) is 11.7. The van der Waals surface area contributed by atoms with Crippen LogP contribution < -0.4 is 11.5 Å². The molecule has 22 heavy (non-hydrogen) atoms. The fraction of sp³-hybridized carbons (Fsp3) is 0.357. The smallest absolute Gasteiger partial charge is 0.320 e. The number of benzene rings is 1. The van der Waals surface area contributed by atoms with Crippen molar-refractivity contribution in [3.63, 3.8) is 0 Å². The second-order valence-electron chi connectivity index (χ2n) is 4.89. The van der Waals surface area contributed by atoms with Crippen LogP contribution in [0.1, 0.15) is 28.8 Å². The number of carboxylic acid groups (broad SMARTS) is 2. The molecule has 2 atom stereocenters. The number of carboxylic acids is 2. The highest BCUT2D eigenvalue weighted by Gasteiger charge is 2.22. The van der Waals surface area contributed by atoms with Gasteiger partial charge in [-0.3, -0.25) is 14.4 Å². The third-order valence-electron chi connectivity index (χ3n) is 3.12. The van der Waals surface area contributed by atoms with Gasteiger partial charge in [0.05, 0.1) is 6.04 Å². The van der Waals surface area contributed by atoms with Gasteiger partial charge in [-0.15, -0.1) is 0 Å². The topological polar surface area (TPSA) is 164 Å². The second kappa shape index (κ2) is 7.53. The van der Waals surface area contributed by atoms with Gasteiger partial charge in [0.2, 0.25) is 0 Å². The Morgan fingerprint density at radius 3 is 2.27 bits per heavy atom. The molecule has 0 radical (unpaired) electrons. The van der Waals surface area contributed by atoms with Gasteiger partial charge in [-0.2, -0.15) is 0 Å². The maximum Gasteiger partial charge on any atom is 0.320 e. The van der Waals surface area contributed by atoms with Crippen molar-refractivity contribution in [2.24, 2.45) is 11.5 Å². The van der Waals surface area contributed by atoms with E-state index in [0.717, 1.165) is 0 Å². The number of aliphatic carboxylic acids is 2. The fourth-order valence-electron chi connectivity index (χ4n) is 1.91. The number of nitrogens with two attached hydrogens (primary N) is 2. The molecule has 0 fully saturated rings. The summed E-state index contributed by atoms with van der Waals surface area (Å²) in [5.74, 6) is -3.04. The second-order valence-corrected chi connectivity index (χ2v) is 4.89. The molecule has 120 valence electrons. The molecule has 0 aliphatic carbocycles. The summed E-state index contributed by atoms with van der Waals surface area (Å²) >= 11 is 0. The number of phenolic OH excluding ortho intramolecular Hbond substituents is 1. The Morgan fingerprint density at radius 1 is 1.09 bits per heavy atom. The first-order chi connectivity index (χ1) is 10.2. The first-order valence-corrected chi connectivity index (χ1v) is 6.54. The summed E-state index contributed by atoms with van der Waals surface area (Å²) in [5, 5.41) is 26.9. The Bertz CT molecular complexity index is 587. The summed E-state index contributed by atoms with van der Waals surface area (Å²) in [6, 6.07) is 1.62. The molecule has 0 saturated heterocycles. The van der Waals surface area contributed by atoms with Crippen molar-refractivity contribution >= 4 is 17.7 Å². The maximum atomic E-state index is 12.3. The number of hydrogen-bond donors (Lipinski definition) is 5. The molecular weight excluding hydrogens is 292 g/mol. The van der Waals surface area contributed by atoms with Crippen molar-refractivity contribution in [1.29, 1.82) is 0 Å². The first kappa shape index (κ1) is 17.6. The van der Waals surface area contributed by atoms with Crippen LogP contribution in [0, 0.1) is 0 Å². The molecule has 8 nitrogen and oxygen atoms in total. The van der Waals surface area contributed by atoms with Crippen LogP contribution in [-0.2, 0) is 16.0 Å². The van der Waals surface area contributed by atoms with Crippen LogP contribution in [0.15, 0.2) is 18.2 Å². The van der Waals surface area contributed by atoms with Crippen molar-refractivity contribution in [2.45, 2.75) is 31.3 Å². The molecule has 0 saturated carbocycles. The van der Waals surface area contributed by atoms with Crippen LogP contribution >= 0.6 is 0 Å². The average molecular weight is 310 g/mol. The number of carbonyl (C=O) groups excluding carboxylic acids is 1. The van der Waals surface area contributed by atoms with Gasteiger partial charge in [-0.25, -0.2) is 0 Å². The van der Waals surface area contributed by atoms with E-state index in [4.69, 9.17) is 21.7 Å². The summed E-state index contributed by atoms with van der Waals surface area (Å²) in [4.78, 5) is 33.6. The highest BCUT2D eigenvalue weighted by atomic mass is 16.4. The molecule has 0 amide bonds. The van der Waals surface area contributed by atoms with Crippen LogP contribution in [0.5, 0.6) is 5.75 Å². The molecule has 0 unspecified atom stereocenters. The van der Waals surface area contributed by atoms with E-state index in [0.29, 0.717) is 5.56 Å². The molecule has 7 N–H and O–H groups in total. The van der Waals surface area contributed by atoms with Crippen molar-refractivity contribution in [2.75, 3.05) is 0 Å². The summed E-state index contributed by atoms with van der Waals surface area (Å²) in [6.45, 7) is 0. The van der Waals surface area contributed by atoms with E-state index in [1.807, 2.05) is 0 Å². The van der Waals surface area contributed by atoms with Gasteiger partial charge in [-0.1, -0.05) is 6.07 Å². The van der Waals surface area contributed by atoms with E-state index in [-0.39, 0.29) is 30.6 Å². The first-order valence-electron chi connectivity index (χ1n) is 6.54. The third-order valence-corrected chi connectivity index (χ3v) is 3.12. The lowest BCUT2D eigenvalue weighted by molar-refractivity contribution is -0.139. The monoisotopic (exact) mass is 310 g/mol. The number of aromatic hydroxyl groups is 1. The molecular formula is C14H18N2O6. The molecule has 1 rings (SSSR count). The number of ketones is 1. The van der Waals surface area contributed by atoms with Crippen LogP contribution in [0.3, 0.4) is 0 Å². The van der Waals surface area contributed by atoms with Gasteiger partial charge in [0.15, 0.2) is 5.78 Å². The third kappa shape index (κ3) is 4.83. The van der Waals surface area contributed by atoms with E-state index in [1.165, 1.54) is 18.2 Å².